The van der Waals surface area contributed by atoms with Crippen LogP contribution in [0.2, 0.25) is 0 Å². The lowest BCUT2D eigenvalue weighted by atomic mass is 9.91. The summed E-state index contributed by atoms with van der Waals surface area (Å²) in [6.07, 6.45) is 5.07. The molecule has 0 aliphatic heterocycles. The van der Waals surface area contributed by atoms with Crippen molar-refractivity contribution in [3.63, 3.8) is 0 Å². The third kappa shape index (κ3) is 3.84. The van der Waals surface area contributed by atoms with Crippen LogP contribution in [0.5, 0.6) is 0 Å². The average Bonchev–Trinajstić information content (AvgIpc) is 2.95. The zero-order valence-corrected chi connectivity index (χ0v) is 11.6. The van der Waals surface area contributed by atoms with E-state index in [2.05, 4.69) is 10.6 Å². The van der Waals surface area contributed by atoms with Crippen LogP contribution in [-0.4, -0.2) is 29.9 Å². The van der Waals surface area contributed by atoms with Gasteiger partial charge in [-0.2, -0.15) is 0 Å². The second-order valence-corrected chi connectivity index (χ2v) is 5.29. The van der Waals surface area contributed by atoms with Crippen molar-refractivity contribution in [3.8, 4) is 0 Å². The Hall–Kier alpha value is -1.82. The molecular weight excluding hydrogens is 258 g/mol. The Morgan fingerprint density at radius 1 is 1.35 bits per heavy atom. The van der Waals surface area contributed by atoms with E-state index in [4.69, 9.17) is 10.2 Å². The fourth-order valence-electron chi connectivity index (χ4n) is 2.33. The molecule has 1 fully saturated rings. The molecule has 2 rings (SSSR count). The van der Waals surface area contributed by atoms with Gasteiger partial charge in [0, 0.05) is 12.1 Å². The summed E-state index contributed by atoms with van der Waals surface area (Å²) in [7, 11) is 0. The van der Waals surface area contributed by atoms with Crippen LogP contribution in [0.25, 0.3) is 0 Å². The van der Waals surface area contributed by atoms with Gasteiger partial charge in [0.1, 0.15) is 6.04 Å². The predicted molar refractivity (Wildman–Crippen MR) is 74.0 cm³/mol. The van der Waals surface area contributed by atoms with E-state index in [1.807, 2.05) is 0 Å². The molecule has 4 N–H and O–H groups in total. The van der Waals surface area contributed by atoms with Crippen molar-refractivity contribution >= 4 is 11.8 Å². The molecule has 20 heavy (non-hydrogen) atoms. The molecule has 1 aromatic rings. The number of amides is 2. The number of hydrogen-bond acceptors (Lipinski definition) is 4. The van der Waals surface area contributed by atoms with Gasteiger partial charge in [-0.1, -0.05) is 0 Å². The van der Waals surface area contributed by atoms with Crippen LogP contribution in [0.3, 0.4) is 0 Å². The summed E-state index contributed by atoms with van der Waals surface area (Å²) >= 11 is 0. The van der Waals surface area contributed by atoms with Crippen molar-refractivity contribution in [1.29, 1.82) is 0 Å². The molecule has 1 saturated carbocycles. The maximum atomic E-state index is 12.0. The number of nitrogens with one attached hydrogen (secondary N) is 2. The minimum absolute atomic E-state index is 0.158. The highest BCUT2D eigenvalue weighted by molar-refractivity contribution is 5.95. The first kappa shape index (κ1) is 14.6. The van der Waals surface area contributed by atoms with E-state index in [0.717, 1.165) is 25.7 Å². The van der Waals surface area contributed by atoms with Crippen molar-refractivity contribution in [2.24, 2.45) is 5.73 Å². The summed E-state index contributed by atoms with van der Waals surface area (Å²) in [5, 5.41) is 5.56. The maximum absolute atomic E-state index is 12.0. The number of carbonyl (C=O) groups excluding carboxylic acids is 2. The normalized spacial score (nSPS) is 23.9. The van der Waals surface area contributed by atoms with E-state index in [9.17, 15) is 9.59 Å². The molecule has 0 spiro atoms. The Morgan fingerprint density at radius 2 is 2.05 bits per heavy atom. The van der Waals surface area contributed by atoms with E-state index < -0.39 is 6.04 Å². The summed E-state index contributed by atoms with van der Waals surface area (Å²) in [5.41, 5.74) is 5.83. The lowest BCUT2D eigenvalue weighted by Crippen LogP contribution is -2.49. The van der Waals surface area contributed by atoms with E-state index in [1.54, 1.807) is 19.1 Å². The van der Waals surface area contributed by atoms with Crippen LogP contribution in [0.1, 0.15) is 43.2 Å². The minimum Gasteiger partial charge on any atom is -0.459 e. The molecule has 0 saturated heterocycles. The second-order valence-electron chi connectivity index (χ2n) is 5.29. The third-order valence-electron chi connectivity index (χ3n) is 3.60. The molecule has 2 amide bonds. The van der Waals surface area contributed by atoms with E-state index in [-0.39, 0.29) is 29.7 Å². The molecule has 0 bridgehead atoms. The number of furan rings is 1. The molecule has 1 aliphatic carbocycles. The van der Waals surface area contributed by atoms with Gasteiger partial charge in [0.15, 0.2) is 5.76 Å². The summed E-state index contributed by atoms with van der Waals surface area (Å²) in [6.45, 7) is 1.66. The monoisotopic (exact) mass is 279 g/mol. The summed E-state index contributed by atoms with van der Waals surface area (Å²) in [4.78, 5) is 23.8. The Morgan fingerprint density at radius 3 is 2.65 bits per heavy atom. The topological polar surface area (TPSA) is 97.4 Å². The average molecular weight is 279 g/mol. The Labute approximate surface area is 118 Å². The van der Waals surface area contributed by atoms with Gasteiger partial charge in [0.2, 0.25) is 5.91 Å². The van der Waals surface area contributed by atoms with Crippen LogP contribution in [0.15, 0.2) is 22.8 Å². The number of hydrogen-bond donors (Lipinski definition) is 3. The first-order valence-corrected chi connectivity index (χ1v) is 6.96. The smallest absolute Gasteiger partial charge is 0.287 e. The van der Waals surface area contributed by atoms with E-state index >= 15 is 0 Å². The summed E-state index contributed by atoms with van der Waals surface area (Å²) in [6, 6.07) is 3.00. The van der Waals surface area contributed by atoms with Gasteiger partial charge >= 0.3 is 0 Å². The van der Waals surface area contributed by atoms with E-state index in [0.29, 0.717) is 0 Å². The molecule has 0 aromatic carbocycles. The lowest BCUT2D eigenvalue weighted by molar-refractivity contribution is -0.123. The number of nitrogens with two attached hydrogens (primary N) is 1. The van der Waals surface area contributed by atoms with Crippen molar-refractivity contribution < 1.29 is 14.0 Å². The zero-order chi connectivity index (χ0) is 14.5. The van der Waals surface area contributed by atoms with Crippen LogP contribution < -0.4 is 16.4 Å². The van der Waals surface area contributed by atoms with Gasteiger partial charge in [0.05, 0.1) is 6.26 Å². The molecule has 6 nitrogen and oxygen atoms in total. The molecule has 1 unspecified atom stereocenters. The molecule has 6 heteroatoms. The van der Waals surface area contributed by atoms with Gasteiger partial charge in [-0.05, 0) is 44.7 Å². The van der Waals surface area contributed by atoms with Gasteiger partial charge in [0.25, 0.3) is 5.91 Å². The minimum atomic E-state index is -0.594. The van der Waals surface area contributed by atoms with Crippen LogP contribution in [0.4, 0.5) is 0 Å². The fraction of sp³-hybridized carbons (Fsp3) is 0.571. The van der Waals surface area contributed by atoms with Gasteiger partial charge in [-0.15, -0.1) is 0 Å². The SMILES string of the molecule is CC(NC(=O)c1ccco1)C(=O)NC1CCC(N)CC1. The number of carbonyl (C=O) groups is 2. The standard InChI is InChI=1S/C14H21N3O3/c1-9(16-14(19)12-3-2-8-20-12)13(18)17-11-6-4-10(15)5-7-11/h2-3,8-11H,4-7,15H2,1H3,(H,16,19)(H,17,18). The first-order chi connectivity index (χ1) is 9.56. The second kappa shape index (κ2) is 6.56. The van der Waals surface area contributed by atoms with Crippen molar-refractivity contribution in [1.82, 2.24) is 10.6 Å². The zero-order valence-electron chi connectivity index (χ0n) is 11.6. The summed E-state index contributed by atoms with van der Waals surface area (Å²) in [5.74, 6) is -0.359. The van der Waals surface area contributed by atoms with Crippen LogP contribution >= 0.6 is 0 Å². The van der Waals surface area contributed by atoms with E-state index in [1.165, 1.54) is 6.26 Å². The highest BCUT2D eigenvalue weighted by Crippen LogP contribution is 2.16. The molecule has 1 atom stereocenters. The Bertz CT molecular complexity index is 450. The van der Waals surface area contributed by atoms with Crippen molar-refractivity contribution in [2.75, 3.05) is 0 Å². The first-order valence-electron chi connectivity index (χ1n) is 6.96. The Balaban J connectivity index is 1.78. The van der Waals surface area contributed by atoms with Crippen LogP contribution in [0, 0.1) is 0 Å². The predicted octanol–water partition coefficient (Wildman–Crippen LogP) is 0.784. The Kier molecular flexibility index (Phi) is 4.79. The van der Waals surface area contributed by atoms with Crippen LogP contribution in [-0.2, 0) is 4.79 Å². The maximum Gasteiger partial charge on any atom is 0.287 e. The summed E-state index contributed by atoms with van der Waals surface area (Å²) < 4.78 is 4.98. The lowest BCUT2D eigenvalue weighted by Gasteiger charge is -2.27. The van der Waals surface area contributed by atoms with Crippen molar-refractivity contribution in [2.45, 2.75) is 50.7 Å². The molecule has 1 aromatic heterocycles. The molecule has 1 aliphatic rings. The highest BCUT2D eigenvalue weighted by atomic mass is 16.3. The van der Waals surface area contributed by atoms with Gasteiger partial charge < -0.3 is 20.8 Å². The largest absolute Gasteiger partial charge is 0.459 e. The van der Waals surface area contributed by atoms with Gasteiger partial charge in [-0.25, -0.2) is 0 Å². The molecule has 1 heterocycles. The van der Waals surface area contributed by atoms with Crippen molar-refractivity contribution in [3.05, 3.63) is 24.2 Å². The third-order valence-corrected chi connectivity index (χ3v) is 3.60. The number of rotatable bonds is 4. The highest BCUT2D eigenvalue weighted by Gasteiger charge is 2.23. The molecule has 0 radical (unpaired) electrons. The quantitative estimate of drug-likeness (QED) is 0.758. The molecule has 110 valence electrons. The molecular formula is C14H21N3O3. The van der Waals surface area contributed by atoms with Gasteiger partial charge in [-0.3, -0.25) is 9.59 Å². The fourth-order valence-corrected chi connectivity index (χ4v) is 2.33.